The first-order chi connectivity index (χ1) is 5.81. The van der Waals surface area contributed by atoms with Gasteiger partial charge >= 0.3 is 6.09 Å². The summed E-state index contributed by atoms with van der Waals surface area (Å²) in [6, 6.07) is 0. The number of allylic oxidation sites excluding steroid dienone is 1. The molecule has 0 saturated carbocycles. The summed E-state index contributed by atoms with van der Waals surface area (Å²) in [5.74, 6) is 2.41. The van der Waals surface area contributed by atoms with Crippen LogP contribution in [-0.4, -0.2) is 18.6 Å². The fraction of sp³-hybridized carbons (Fsp3) is 0.667. The molecule has 0 aromatic rings. The molecule has 0 unspecified atom stereocenters. The largest absolute Gasteiger partial charge is 0.447 e. The van der Waals surface area contributed by atoms with Crippen LogP contribution in [0.5, 0.6) is 0 Å². The molecule has 0 bridgehead atoms. The number of carbonyl (C=O) groups excluding carboxylic acids is 1. The lowest BCUT2D eigenvalue weighted by Crippen LogP contribution is -1.99. The smallest absolute Gasteiger partial charge is 0.441 e. The van der Waals surface area contributed by atoms with Crippen molar-refractivity contribution in [1.82, 2.24) is 0 Å². The van der Waals surface area contributed by atoms with Gasteiger partial charge in [-0.1, -0.05) is 19.8 Å². The van der Waals surface area contributed by atoms with Gasteiger partial charge in [-0.25, -0.2) is 4.79 Å². The Morgan fingerprint density at radius 2 is 2.33 bits per heavy atom. The maximum Gasteiger partial charge on any atom is 0.441 e. The van der Waals surface area contributed by atoms with E-state index in [2.05, 4.69) is 17.8 Å². The van der Waals surface area contributed by atoms with E-state index in [-0.39, 0.29) is 0 Å². The van der Waals surface area contributed by atoms with Crippen molar-refractivity contribution in [3.05, 3.63) is 6.08 Å². The van der Waals surface area contributed by atoms with Gasteiger partial charge in [-0.05, 0) is 25.3 Å². The summed E-state index contributed by atoms with van der Waals surface area (Å²) < 4.78 is 4.76. The van der Waals surface area contributed by atoms with E-state index in [1.165, 1.54) is 0 Å². The molecule has 0 saturated heterocycles. The van der Waals surface area contributed by atoms with Crippen LogP contribution in [0.25, 0.3) is 0 Å². The topological polar surface area (TPSA) is 38.7 Å². The minimum Gasteiger partial charge on any atom is -0.447 e. The van der Waals surface area contributed by atoms with Gasteiger partial charge in [-0.3, -0.25) is 0 Å². The molecule has 1 amide bonds. The zero-order valence-electron chi connectivity index (χ0n) is 7.67. The molecule has 0 fully saturated rings. The van der Waals surface area contributed by atoms with Crippen LogP contribution in [0.1, 0.15) is 33.1 Å². The number of carbonyl (C=O) groups is 1. The Hall–Kier alpha value is -1.08. The molecule has 68 valence electrons. The van der Waals surface area contributed by atoms with Gasteiger partial charge in [0.05, 0.1) is 6.61 Å². The van der Waals surface area contributed by atoms with Crippen molar-refractivity contribution in [3.63, 3.8) is 0 Å². The second-order valence-corrected chi connectivity index (χ2v) is 2.35. The third kappa shape index (κ3) is 7.03. The fourth-order valence-electron chi connectivity index (χ4n) is 0.661. The molecule has 0 aromatic carbocycles. The van der Waals surface area contributed by atoms with Crippen molar-refractivity contribution in [3.8, 4) is 0 Å². The third-order valence-corrected chi connectivity index (χ3v) is 1.26. The Bertz CT molecular complexity index is 181. The molecule has 0 aromatic heterocycles. The van der Waals surface area contributed by atoms with Gasteiger partial charge < -0.3 is 4.74 Å². The summed E-state index contributed by atoms with van der Waals surface area (Å²) in [5.41, 5.74) is 0. The number of aliphatic imine (C=N–C) groups is 1. The van der Waals surface area contributed by atoms with Crippen LogP contribution < -0.4 is 0 Å². The van der Waals surface area contributed by atoms with Crippen molar-refractivity contribution in [2.45, 2.75) is 33.1 Å². The molecule has 0 radical (unpaired) electrons. The highest BCUT2D eigenvalue weighted by atomic mass is 16.5. The summed E-state index contributed by atoms with van der Waals surface area (Å²) in [6.07, 6.45) is 4.13. The molecule has 0 N–H and O–H groups in total. The summed E-state index contributed by atoms with van der Waals surface area (Å²) in [6.45, 7) is 4.30. The number of ether oxygens (including phenoxy) is 1. The lowest BCUT2D eigenvalue weighted by Gasteiger charge is -1.97. The minimum absolute atomic E-state index is 0.460. The van der Waals surface area contributed by atoms with Crippen LogP contribution in [0.4, 0.5) is 4.79 Å². The maximum atomic E-state index is 10.7. The first-order valence-corrected chi connectivity index (χ1v) is 4.22. The highest BCUT2D eigenvalue weighted by Gasteiger charge is 1.95. The summed E-state index contributed by atoms with van der Waals surface area (Å²) >= 11 is 0. The standard InChI is InChI=1S/C9H15NO2/c1-3-5-6-8-12-9(11)10-7-4-2/h4H,3,5-6,8H2,1-2H3. The normalized spacial score (nSPS) is 8.50. The van der Waals surface area contributed by atoms with E-state index >= 15 is 0 Å². The number of amides is 1. The first-order valence-electron chi connectivity index (χ1n) is 4.22. The molecule has 0 aliphatic rings. The van der Waals surface area contributed by atoms with E-state index in [9.17, 15) is 4.79 Å². The molecule has 3 heteroatoms. The first kappa shape index (κ1) is 10.9. The molecule has 0 aliphatic heterocycles. The average molecular weight is 169 g/mol. The molecule has 0 atom stereocenters. The highest BCUT2D eigenvalue weighted by Crippen LogP contribution is 1.94. The Kier molecular flexibility index (Phi) is 7.30. The van der Waals surface area contributed by atoms with Crippen LogP contribution in [0.15, 0.2) is 11.1 Å². The molecular formula is C9H15NO2. The zero-order valence-corrected chi connectivity index (χ0v) is 7.67. The van der Waals surface area contributed by atoms with Crippen molar-refractivity contribution in [1.29, 1.82) is 0 Å². The van der Waals surface area contributed by atoms with E-state index in [0.717, 1.165) is 19.3 Å². The van der Waals surface area contributed by atoms with Gasteiger partial charge in [-0.2, -0.15) is 0 Å². The second-order valence-electron chi connectivity index (χ2n) is 2.35. The van der Waals surface area contributed by atoms with Gasteiger partial charge in [-0.15, -0.1) is 4.99 Å². The van der Waals surface area contributed by atoms with E-state index in [0.29, 0.717) is 6.61 Å². The van der Waals surface area contributed by atoms with Crippen LogP contribution in [0.3, 0.4) is 0 Å². The zero-order chi connectivity index (χ0) is 9.23. The molecule has 3 nitrogen and oxygen atoms in total. The Morgan fingerprint density at radius 3 is 2.92 bits per heavy atom. The second kappa shape index (κ2) is 8.02. The Balaban J connectivity index is 3.38. The number of unbranched alkanes of at least 4 members (excludes halogenated alkanes) is 2. The van der Waals surface area contributed by atoms with E-state index in [1.54, 1.807) is 13.0 Å². The lowest BCUT2D eigenvalue weighted by molar-refractivity contribution is 0.155. The number of nitrogens with zero attached hydrogens (tertiary/aromatic N) is 1. The van der Waals surface area contributed by atoms with Gasteiger partial charge in [0.2, 0.25) is 0 Å². The molecule has 0 heterocycles. The van der Waals surface area contributed by atoms with Crippen LogP contribution in [0, 0.1) is 0 Å². The van der Waals surface area contributed by atoms with E-state index < -0.39 is 6.09 Å². The lowest BCUT2D eigenvalue weighted by atomic mass is 10.3. The summed E-state index contributed by atoms with van der Waals surface area (Å²) in [5, 5.41) is 0. The molecular weight excluding hydrogens is 154 g/mol. The highest BCUT2D eigenvalue weighted by molar-refractivity contribution is 5.76. The Labute approximate surface area is 73.1 Å². The van der Waals surface area contributed by atoms with E-state index in [4.69, 9.17) is 4.74 Å². The van der Waals surface area contributed by atoms with Crippen LogP contribution >= 0.6 is 0 Å². The van der Waals surface area contributed by atoms with Crippen molar-refractivity contribution in [2.75, 3.05) is 6.61 Å². The number of hydrogen-bond acceptors (Lipinski definition) is 2. The molecule has 0 rings (SSSR count). The molecule has 12 heavy (non-hydrogen) atoms. The molecule has 0 spiro atoms. The number of rotatable bonds is 4. The van der Waals surface area contributed by atoms with Gasteiger partial charge in [0.25, 0.3) is 0 Å². The maximum absolute atomic E-state index is 10.7. The Morgan fingerprint density at radius 1 is 1.58 bits per heavy atom. The SMILES string of the molecule is CC=C=NC(=O)OCCCCC. The minimum atomic E-state index is -0.552. The van der Waals surface area contributed by atoms with Gasteiger partial charge in [0.15, 0.2) is 0 Å². The van der Waals surface area contributed by atoms with Crippen molar-refractivity contribution >= 4 is 12.0 Å². The third-order valence-electron chi connectivity index (χ3n) is 1.26. The predicted octanol–water partition coefficient (Wildman–Crippen LogP) is 2.56. The van der Waals surface area contributed by atoms with Crippen LogP contribution in [0.2, 0.25) is 0 Å². The fourth-order valence-corrected chi connectivity index (χ4v) is 0.661. The average Bonchev–Trinajstić information content (AvgIpc) is 2.09. The van der Waals surface area contributed by atoms with E-state index in [1.807, 2.05) is 0 Å². The summed E-state index contributed by atoms with van der Waals surface area (Å²) in [7, 11) is 0. The number of hydrogen-bond donors (Lipinski definition) is 0. The monoisotopic (exact) mass is 169 g/mol. The van der Waals surface area contributed by atoms with Gasteiger partial charge in [0, 0.05) is 0 Å². The van der Waals surface area contributed by atoms with Gasteiger partial charge in [0.1, 0.15) is 0 Å². The quantitative estimate of drug-likeness (QED) is 0.479. The predicted molar refractivity (Wildman–Crippen MR) is 48.6 cm³/mol. The molecule has 0 aliphatic carbocycles. The van der Waals surface area contributed by atoms with Crippen molar-refractivity contribution < 1.29 is 9.53 Å². The van der Waals surface area contributed by atoms with Crippen molar-refractivity contribution in [2.24, 2.45) is 4.99 Å². The van der Waals surface area contributed by atoms with Crippen LogP contribution in [-0.2, 0) is 4.74 Å². The summed E-state index contributed by atoms with van der Waals surface area (Å²) in [4.78, 5) is 14.1.